The van der Waals surface area contributed by atoms with E-state index in [1.165, 1.54) is 29.2 Å². The number of carbonyl (C=O) groups is 3. The largest absolute Gasteiger partial charge is 0.350 e. The number of nitrogens with zero attached hydrogens (tertiary/aromatic N) is 1. The number of nitrogens with one attached hydrogen (secondary N) is 2. The number of halogens is 1. The predicted molar refractivity (Wildman–Crippen MR) is 134 cm³/mol. The number of benzene rings is 2. The fourth-order valence-corrected chi connectivity index (χ4v) is 4.24. The molecule has 3 amide bonds. The summed E-state index contributed by atoms with van der Waals surface area (Å²) in [5, 5.41) is 5.40. The maximum atomic E-state index is 13.3. The van der Waals surface area contributed by atoms with Gasteiger partial charge in [-0.2, -0.15) is 0 Å². The van der Waals surface area contributed by atoms with E-state index >= 15 is 0 Å². The van der Waals surface area contributed by atoms with Crippen molar-refractivity contribution in [3.8, 4) is 0 Å². The van der Waals surface area contributed by atoms with E-state index in [0.717, 1.165) is 11.1 Å². The summed E-state index contributed by atoms with van der Waals surface area (Å²) in [7, 11) is -1.82. The van der Waals surface area contributed by atoms with E-state index in [-0.39, 0.29) is 5.91 Å². The Morgan fingerprint density at radius 1 is 1.03 bits per heavy atom. The quantitative estimate of drug-likeness (QED) is 0.594. The van der Waals surface area contributed by atoms with Gasteiger partial charge in [0.2, 0.25) is 17.7 Å². The SMILES string of the molecule is Cc1ccc(N(C(=O)CS(=O)CC(=O)Nc2ccc(F)cc2)C(C)C(=O)NC(C)(C)C)c(C)c1. The van der Waals surface area contributed by atoms with Crippen molar-refractivity contribution in [2.24, 2.45) is 0 Å². The van der Waals surface area contributed by atoms with Gasteiger partial charge in [0, 0.05) is 27.7 Å². The number of hydrogen-bond acceptors (Lipinski definition) is 4. The van der Waals surface area contributed by atoms with Crippen molar-refractivity contribution in [2.45, 2.75) is 53.1 Å². The molecule has 0 aliphatic rings. The summed E-state index contributed by atoms with van der Waals surface area (Å²) in [5.41, 5.74) is 2.20. The van der Waals surface area contributed by atoms with E-state index in [1.807, 2.05) is 46.8 Å². The van der Waals surface area contributed by atoms with Crippen LogP contribution in [0.5, 0.6) is 0 Å². The number of rotatable bonds is 8. The second-order valence-corrected chi connectivity index (χ2v) is 10.7. The van der Waals surface area contributed by atoms with Crippen LogP contribution in [-0.2, 0) is 25.2 Å². The molecule has 0 heterocycles. The van der Waals surface area contributed by atoms with Crippen molar-refractivity contribution in [3.05, 3.63) is 59.4 Å². The molecular weight excluding hydrogens is 457 g/mol. The van der Waals surface area contributed by atoms with Crippen LogP contribution in [-0.4, -0.2) is 45.0 Å². The summed E-state index contributed by atoms with van der Waals surface area (Å²) in [6, 6.07) is 9.80. The summed E-state index contributed by atoms with van der Waals surface area (Å²) in [6.07, 6.45) is 0. The molecule has 0 aliphatic carbocycles. The fraction of sp³-hybridized carbons (Fsp3) is 0.400. The van der Waals surface area contributed by atoms with Gasteiger partial charge in [-0.3, -0.25) is 23.5 Å². The Morgan fingerprint density at radius 3 is 2.21 bits per heavy atom. The lowest BCUT2D eigenvalue weighted by molar-refractivity contribution is -0.126. The summed E-state index contributed by atoms with van der Waals surface area (Å²) >= 11 is 0. The third kappa shape index (κ3) is 8.06. The van der Waals surface area contributed by atoms with Gasteiger partial charge in [-0.25, -0.2) is 4.39 Å². The van der Waals surface area contributed by atoms with E-state index in [9.17, 15) is 23.0 Å². The zero-order valence-corrected chi connectivity index (χ0v) is 21.2. The van der Waals surface area contributed by atoms with Crippen LogP contribution in [0.15, 0.2) is 42.5 Å². The first kappa shape index (κ1) is 27.2. The molecule has 184 valence electrons. The smallest absolute Gasteiger partial charge is 0.243 e. The zero-order chi connectivity index (χ0) is 25.6. The molecule has 0 saturated heterocycles. The van der Waals surface area contributed by atoms with Crippen LogP contribution in [0.25, 0.3) is 0 Å². The summed E-state index contributed by atoms with van der Waals surface area (Å²) in [6.45, 7) is 10.9. The van der Waals surface area contributed by atoms with E-state index in [2.05, 4.69) is 10.6 Å². The molecule has 9 heteroatoms. The topological polar surface area (TPSA) is 95.6 Å². The minimum Gasteiger partial charge on any atom is -0.350 e. The number of carbonyl (C=O) groups excluding carboxylic acids is 3. The molecule has 34 heavy (non-hydrogen) atoms. The summed E-state index contributed by atoms with van der Waals surface area (Å²) in [5.74, 6) is -2.72. The number of amides is 3. The van der Waals surface area contributed by atoms with Crippen molar-refractivity contribution in [3.63, 3.8) is 0 Å². The third-order valence-corrected chi connectivity index (χ3v) is 6.00. The molecule has 2 N–H and O–H groups in total. The average molecular weight is 490 g/mol. The van der Waals surface area contributed by atoms with Crippen molar-refractivity contribution >= 4 is 39.9 Å². The van der Waals surface area contributed by atoms with Crippen molar-refractivity contribution in [1.82, 2.24) is 5.32 Å². The van der Waals surface area contributed by atoms with Gasteiger partial charge < -0.3 is 10.6 Å². The van der Waals surface area contributed by atoms with Crippen LogP contribution in [0.4, 0.5) is 15.8 Å². The molecule has 7 nitrogen and oxygen atoms in total. The predicted octanol–water partition coefficient (Wildman–Crippen LogP) is 3.47. The van der Waals surface area contributed by atoms with Crippen LogP contribution >= 0.6 is 0 Å². The van der Waals surface area contributed by atoms with Crippen LogP contribution < -0.4 is 15.5 Å². The number of hydrogen-bond donors (Lipinski definition) is 2. The van der Waals surface area contributed by atoms with E-state index in [4.69, 9.17) is 0 Å². The molecule has 0 saturated carbocycles. The fourth-order valence-electron chi connectivity index (χ4n) is 3.36. The van der Waals surface area contributed by atoms with Gasteiger partial charge >= 0.3 is 0 Å². The first-order chi connectivity index (χ1) is 15.8. The molecule has 0 aromatic heterocycles. The Bertz CT molecular complexity index is 1080. The first-order valence-electron chi connectivity index (χ1n) is 10.9. The van der Waals surface area contributed by atoms with Crippen LogP contribution in [0.2, 0.25) is 0 Å². The lowest BCUT2D eigenvalue weighted by Gasteiger charge is -2.32. The Hall–Kier alpha value is -3.07. The molecule has 0 bridgehead atoms. The average Bonchev–Trinajstić information content (AvgIpc) is 2.70. The Labute approximate surface area is 202 Å². The van der Waals surface area contributed by atoms with E-state index in [0.29, 0.717) is 11.4 Å². The van der Waals surface area contributed by atoms with Crippen LogP contribution in [0.3, 0.4) is 0 Å². The molecule has 0 radical (unpaired) electrons. The standard InChI is InChI=1S/C25H32FN3O4S/c1-16-7-12-21(17(2)13-16)29(18(3)24(32)28-25(4,5)6)23(31)15-34(33)14-22(30)27-20-10-8-19(26)9-11-20/h7-13,18H,14-15H2,1-6H3,(H,27,30)(H,28,32). The van der Waals surface area contributed by atoms with E-state index in [1.54, 1.807) is 13.0 Å². The van der Waals surface area contributed by atoms with E-state index < -0.39 is 51.5 Å². The zero-order valence-electron chi connectivity index (χ0n) is 20.4. The van der Waals surface area contributed by atoms with Gasteiger partial charge in [0.1, 0.15) is 23.4 Å². The minimum atomic E-state index is -1.82. The molecule has 2 aromatic carbocycles. The highest BCUT2D eigenvalue weighted by atomic mass is 32.2. The second kappa shape index (κ2) is 11.4. The minimum absolute atomic E-state index is 0.347. The highest BCUT2D eigenvalue weighted by Gasteiger charge is 2.31. The first-order valence-corrected chi connectivity index (χ1v) is 12.4. The Balaban J connectivity index is 2.18. The lowest BCUT2D eigenvalue weighted by atomic mass is 10.1. The summed E-state index contributed by atoms with van der Waals surface area (Å²) < 4.78 is 25.7. The molecule has 2 atom stereocenters. The van der Waals surface area contributed by atoms with Gasteiger partial charge in [-0.1, -0.05) is 17.7 Å². The molecule has 0 spiro atoms. The molecular formula is C25H32FN3O4S. The van der Waals surface area contributed by atoms with Crippen molar-refractivity contribution in [2.75, 3.05) is 21.7 Å². The molecule has 2 unspecified atom stereocenters. The van der Waals surface area contributed by atoms with Crippen molar-refractivity contribution < 1.29 is 23.0 Å². The third-order valence-electron chi connectivity index (χ3n) is 4.85. The molecule has 2 rings (SSSR count). The normalized spacial score (nSPS) is 13.0. The summed E-state index contributed by atoms with van der Waals surface area (Å²) in [4.78, 5) is 39.7. The number of anilines is 2. The van der Waals surface area contributed by atoms with Gasteiger partial charge in [0.25, 0.3) is 0 Å². The molecule has 2 aromatic rings. The van der Waals surface area contributed by atoms with Gasteiger partial charge in [-0.05, 0) is 77.4 Å². The van der Waals surface area contributed by atoms with Crippen LogP contribution in [0, 0.1) is 19.7 Å². The van der Waals surface area contributed by atoms with Gasteiger partial charge in [0.05, 0.1) is 0 Å². The maximum Gasteiger partial charge on any atom is 0.243 e. The monoisotopic (exact) mass is 489 g/mol. The van der Waals surface area contributed by atoms with Crippen molar-refractivity contribution in [1.29, 1.82) is 0 Å². The number of aryl methyl sites for hydroxylation is 2. The van der Waals surface area contributed by atoms with Gasteiger partial charge in [0.15, 0.2) is 0 Å². The molecule has 0 fully saturated rings. The Morgan fingerprint density at radius 2 is 1.65 bits per heavy atom. The van der Waals surface area contributed by atoms with Crippen LogP contribution in [0.1, 0.15) is 38.8 Å². The van der Waals surface area contributed by atoms with Gasteiger partial charge in [-0.15, -0.1) is 0 Å². The second-order valence-electron chi connectivity index (χ2n) is 9.25. The lowest BCUT2D eigenvalue weighted by Crippen LogP contribution is -2.54. The Kier molecular flexibility index (Phi) is 9.09. The highest BCUT2D eigenvalue weighted by molar-refractivity contribution is 7.86. The highest BCUT2D eigenvalue weighted by Crippen LogP contribution is 2.24. The maximum absolute atomic E-state index is 13.3. The molecule has 0 aliphatic heterocycles.